The zero-order valence-electron chi connectivity index (χ0n) is 13.9. The van der Waals surface area contributed by atoms with Crippen LogP contribution in [0.4, 0.5) is 5.82 Å². The molecular formula is C17H21N5O2. The summed E-state index contributed by atoms with van der Waals surface area (Å²) in [4.78, 5) is 30.6. The Hall–Kier alpha value is -2.70. The number of amides is 2. The Morgan fingerprint density at radius 3 is 2.88 bits per heavy atom. The summed E-state index contributed by atoms with van der Waals surface area (Å²) in [6, 6.07) is 3.65. The Morgan fingerprint density at radius 1 is 1.29 bits per heavy atom. The lowest BCUT2D eigenvalue weighted by molar-refractivity contribution is -0.138. The Bertz CT molecular complexity index is 755. The molecule has 1 N–H and O–H groups in total. The molecule has 0 spiro atoms. The van der Waals surface area contributed by atoms with Crippen LogP contribution in [0.3, 0.4) is 0 Å². The number of likely N-dealkylation sites (tertiary alicyclic amines) is 1. The van der Waals surface area contributed by atoms with Crippen molar-refractivity contribution in [2.45, 2.75) is 19.3 Å². The summed E-state index contributed by atoms with van der Waals surface area (Å²) >= 11 is 0. The molecule has 2 amide bonds. The SMILES string of the molecule is CN1CCCCC(C(=O)Nc2cc(-c3cnn(C)c3)ccn2)C1=O. The minimum Gasteiger partial charge on any atom is -0.345 e. The van der Waals surface area contributed by atoms with E-state index in [1.165, 1.54) is 0 Å². The molecule has 7 heteroatoms. The highest BCUT2D eigenvalue weighted by atomic mass is 16.2. The maximum Gasteiger partial charge on any atom is 0.238 e. The zero-order valence-corrected chi connectivity index (χ0v) is 13.9. The van der Waals surface area contributed by atoms with Gasteiger partial charge in [-0.1, -0.05) is 6.42 Å². The Balaban J connectivity index is 1.75. The van der Waals surface area contributed by atoms with Crippen LogP contribution in [0.5, 0.6) is 0 Å². The topological polar surface area (TPSA) is 80.1 Å². The molecule has 1 aliphatic rings. The van der Waals surface area contributed by atoms with E-state index in [0.29, 0.717) is 18.8 Å². The zero-order chi connectivity index (χ0) is 17.1. The molecule has 126 valence electrons. The van der Waals surface area contributed by atoms with E-state index in [0.717, 1.165) is 24.0 Å². The third-order valence-corrected chi connectivity index (χ3v) is 4.28. The molecule has 0 bridgehead atoms. The highest BCUT2D eigenvalue weighted by Gasteiger charge is 2.31. The summed E-state index contributed by atoms with van der Waals surface area (Å²) in [5.74, 6) is -0.597. The molecule has 7 nitrogen and oxygen atoms in total. The smallest absolute Gasteiger partial charge is 0.238 e. The predicted molar refractivity (Wildman–Crippen MR) is 90.0 cm³/mol. The van der Waals surface area contributed by atoms with Crippen LogP contribution in [-0.2, 0) is 16.6 Å². The van der Waals surface area contributed by atoms with Crippen LogP contribution >= 0.6 is 0 Å². The van der Waals surface area contributed by atoms with Crippen molar-refractivity contribution in [2.75, 3.05) is 18.9 Å². The maximum absolute atomic E-state index is 12.5. The van der Waals surface area contributed by atoms with Gasteiger partial charge < -0.3 is 10.2 Å². The van der Waals surface area contributed by atoms with Crippen molar-refractivity contribution in [3.05, 3.63) is 30.7 Å². The van der Waals surface area contributed by atoms with Crippen molar-refractivity contribution in [3.63, 3.8) is 0 Å². The largest absolute Gasteiger partial charge is 0.345 e. The van der Waals surface area contributed by atoms with Gasteiger partial charge in [-0.2, -0.15) is 5.10 Å². The van der Waals surface area contributed by atoms with Gasteiger partial charge in [-0.25, -0.2) is 4.98 Å². The first-order valence-corrected chi connectivity index (χ1v) is 8.05. The molecule has 3 rings (SSSR count). The highest BCUT2D eigenvalue weighted by molar-refractivity contribution is 6.06. The number of aromatic nitrogens is 3. The summed E-state index contributed by atoms with van der Waals surface area (Å²) in [5, 5.41) is 6.93. The van der Waals surface area contributed by atoms with Crippen molar-refractivity contribution in [1.29, 1.82) is 0 Å². The normalized spacial score (nSPS) is 18.3. The van der Waals surface area contributed by atoms with Crippen LogP contribution in [0.15, 0.2) is 30.7 Å². The van der Waals surface area contributed by atoms with Crippen LogP contribution < -0.4 is 5.32 Å². The molecule has 1 fully saturated rings. The quantitative estimate of drug-likeness (QED) is 0.870. The number of rotatable bonds is 3. The van der Waals surface area contributed by atoms with Crippen LogP contribution in [0.25, 0.3) is 11.1 Å². The second-order valence-corrected chi connectivity index (χ2v) is 6.13. The number of hydrogen-bond acceptors (Lipinski definition) is 4. The molecule has 1 aliphatic heterocycles. The number of aryl methyl sites for hydroxylation is 1. The number of pyridine rings is 1. The molecule has 0 aliphatic carbocycles. The summed E-state index contributed by atoms with van der Waals surface area (Å²) in [5.41, 5.74) is 1.86. The van der Waals surface area contributed by atoms with Gasteiger partial charge in [-0.05, 0) is 30.5 Å². The molecular weight excluding hydrogens is 306 g/mol. The number of anilines is 1. The van der Waals surface area contributed by atoms with Crippen molar-refractivity contribution < 1.29 is 9.59 Å². The van der Waals surface area contributed by atoms with Gasteiger partial charge in [0.2, 0.25) is 11.8 Å². The summed E-state index contributed by atoms with van der Waals surface area (Å²) in [7, 11) is 3.59. The number of carbonyl (C=O) groups excluding carboxylic acids is 2. The number of carbonyl (C=O) groups is 2. The third-order valence-electron chi connectivity index (χ3n) is 4.28. The minimum absolute atomic E-state index is 0.117. The van der Waals surface area contributed by atoms with Crippen LogP contribution in [0.2, 0.25) is 0 Å². The van der Waals surface area contributed by atoms with Gasteiger partial charge in [0.05, 0.1) is 6.20 Å². The first-order valence-electron chi connectivity index (χ1n) is 8.05. The van der Waals surface area contributed by atoms with E-state index in [1.807, 2.05) is 19.3 Å². The minimum atomic E-state index is -0.638. The monoisotopic (exact) mass is 327 g/mol. The van der Waals surface area contributed by atoms with E-state index in [2.05, 4.69) is 15.4 Å². The van der Waals surface area contributed by atoms with E-state index in [4.69, 9.17) is 0 Å². The summed E-state index contributed by atoms with van der Waals surface area (Å²) < 4.78 is 1.72. The average molecular weight is 327 g/mol. The number of nitrogens with one attached hydrogen (secondary N) is 1. The predicted octanol–water partition coefficient (Wildman–Crippen LogP) is 1.68. The fraction of sp³-hybridized carbons (Fsp3) is 0.412. The van der Waals surface area contributed by atoms with Gasteiger partial charge in [0, 0.05) is 38.6 Å². The molecule has 3 heterocycles. The number of hydrogen-bond donors (Lipinski definition) is 1. The average Bonchev–Trinajstić information content (AvgIpc) is 2.93. The summed E-state index contributed by atoms with van der Waals surface area (Å²) in [6.45, 7) is 0.706. The van der Waals surface area contributed by atoms with E-state index >= 15 is 0 Å². The van der Waals surface area contributed by atoms with Gasteiger partial charge in [0.25, 0.3) is 0 Å². The van der Waals surface area contributed by atoms with Crippen LogP contribution in [0, 0.1) is 5.92 Å². The van der Waals surface area contributed by atoms with Gasteiger partial charge in [-0.3, -0.25) is 14.3 Å². The standard InChI is InChI=1S/C17H21N5O2/c1-21-8-4-3-5-14(17(21)24)16(23)20-15-9-12(6-7-18-15)13-10-19-22(2)11-13/h6-7,9-11,14H,3-5,8H2,1-2H3,(H,18,20,23). The highest BCUT2D eigenvalue weighted by Crippen LogP contribution is 2.22. The molecule has 0 radical (unpaired) electrons. The van der Waals surface area contributed by atoms with Crippen molar-refractivity contribution in [3.8, 4) is 11.1 Å². The van der Waals surface area contributed by atoms with E-state index in [9.17, 15) is 9.59 Å². The fourth-order valence-electron chi connectivity index (χ4n) is 2.90. The van der Waals surface area contributed by atoms with Gasteiger partial charge in [-0.15, -0.1) is 0 Å². The molecule has 0 aromatic carbocycles. The van der Waals surface area contributed by atoms with Gasteiger partial charge in [0.1, 0.15) is 11.7 Å². The fourth-order valence-corrected chi connectivity index (χ4v) is 2.90. The second-order valence-electron chi connectivity index (χ2n) is 6.13. The van der Waals surface area contributed by atoms with Crippen molar-refractivity contribution in [2.24, 2.45) is 13.0 Å². The Labute approximate surface area is 140 Å². The Morgan fingerprint density at radius 2 is 2.12 bits per heavy atom. The van der Waals surface area contributed by atoms with E-state index in [1.54, 1.807) is 35.1 Å². The van der Waals surface area contributed by atoms with Gasteiger partial charge in [0.15, 0.2) is 0 Å². The molecule has 1 unspecified atom stereocenters. The third kappa shape index (κ3) is 3.45. The van der Waals surface area contributed by atoms with Crippen LogP contribution in [0.1, 0.15) is 19.3 Å². The lowest BCUT2D eigenvalue weighted by atomic mass is 10.0. The Kier molecular flexibility index (Phi) is 4.59. The summed E-state index contributed by atoms with van der Waals surface area (Å²) in [6.07, 6.45) is 7.67. The lowest BCUT2D eigenvalue weighted by Crippen LogP contribution is -2.38. The molecule has 1 saturated heterocycles. The molecule has 0 saturated carbocycles. The van der Waals surface area contributed by atoms with Crippen molar-refractivity contribution in [1.82, 2.24) is 19.7 Å². The van der Waals surface area contributed by atoms with Gasteiger partial charge >= 0.3 is 0 Å². The first-order chi connectivity index (χ1) is 11.5. The van der Waals surface area contributed by atoms with Crippen LogP contribution in [-0.4, -0.2) is 45.1 Å². The van der Waals surface area contributed by atoms with E-state index < -0.39 is 5.92 Å². The molecule has 2 aromatic rings. The second kappa shape index (κ2) is 6.82. The lowest BCUT2D eigenvalue weighted by Gasteiger charge is -2.19. The molecule has 24 heavy (non-hydrogen) atoms. The first kappa shape index (κ1) is 16.2. The molecule has 2 aromatic heterocycles. The van der Waals surface area contributed by atoms with Crippen molar-refractivity contribution >= 4 is 17.6 Å². The maximum atomic E-state index is 12.5. The molecule has 1 atom stereocenters. The number of nitrogens with zero attached hydrogens (tertiary/aromatic N) is 4. The van der Waals surface area contributed by atoms with E-state index in [-0.39, 0.29) is 11.8 Å².